The standard InChI is InChI=1S/C23H20F2N2O3/c1-13-9-18(22-16(24)5-4-6-17(22)25)26-19-12-27(23(28)21(13)19)11-14-7-8-15(29-2)10-20(14)30-3/h4-10H,11-12H2,1-3H3. The average Bonchev–Trinajstić information content (AvgIpc) is 3.04. The van der Waals surface area contributed by atoms with Gasteiger partial charge in [-0.1, -0.05) is 6.07 Å². The van der Waals surface area contributed by atoms with Crippen molar-refractivity contribution >= 4 is 5.91 Å². The van der Waals surface area contributed by atoms with Crippen LogP contribution in [0, 0.1) is 18.6 Å². The maximum atomic E-state index is 14.2. The molecule has 2 heterocycles. The molecule has 0 spiro atoms. The van der Waals surface area contributed by atoms with Crippen LogP contribution in [0.1, 0.15) is 27.2 Å². The molecule has 0 aliphatic carbocycles. The van der Waals surface area contributed by atoms with Gasteiger partial charge in [0.25, 0.3) is 5.91 Å². The van der Waals surface area contributed by atoms with Crippen molar-refractivity contribution in [3.05, 3.63) is 76.5 Å². The molecule has 30 heavy (non-hydrogen) atoms. The lowest BCUT2D eigenvalue weighted by molar-refractivity contribution is 0.0764. The lowest BCUT2D eigenvalue weighted by Gasteiger charge is -2.18. The molecule has 1 aromatic heterocycles. The van der Waals surface area contributed by atoms with Crippen LogP contribution in [0.25, 0.3) is 11.3 Å². The molecule has 0 atom stereocenters. The Morgan fingerprint density at radius 1 is 1.03 bits per heavy atom. The highest BCUT2D eigenvalue weighted by Crippen LogP contribution is 2.33. The number of hydrogen-bond donors (Lipinski definition) is 0. The minimum atomic E-state index is -0.689. The Balaban J connectivity index is 1.68. The highest BCUT2D eigenvalue weighted by molar-refractivity contribution is 5.99. The van der Waals surface area contributed by atoms with Gasteiger partial charge in [0.1, 0.15) is 23.1 Å². The Hall–Kier alpha value is -3.48. The van der Waals surface area contributed by atoms with E-state index >= 15 is 0 Å². The Bertz CT molecular complexity index is 1130. The van der Waals surface area contributed by atoms with E-state index in [9.17, 15) is 13.6 Å². The summed E-state index contributed by atoms with van der Waals surface area (Å²) in [6.07, 6.45) is 0. The SMILES string of the molecule is COc1ccc(CN2Cc3nc(-c4c(F)cccc4F)cc(C)c3C2=O)c(OC)c1. The van der Waals surface area contributed by atoms with Crippen LogP contribution in [0.4, 0.5) is 8.78 Å². The van der Waals surface area contributed by atoms with Gasteiger partial charge in [-0.3, -0.25) is 4.79 Å². The van der Waals surface area contributed by atoms with Gasteiger partial charge in [-0.25, -0.2) is 13.8 Å². The summed E-state index contributed by atoms with van der Waals surface area (Å²) >= 11 is 0. The second kappa shape index (κ2) is 7.74. The summed E-state index contributed by atoms with van der Waals surface area (Å²) in [5.74, 6) is -0.289. The second-order valence-corrected chi connectivity index (χ2v) is 7.08. The molecule has 0 unspecified atom stereocenters. The molecule has 0 radical (unpaired) electrons. The van der Waals surface area contributed by atoms with Crippen LogP contribution in [0.2, 0.25) is 0 Å². The van der Waals surface area contributed by atoms with Gasteiger partial charge in [-0.2, -0.15) is 0 Å². The molecule has 4 rings (SSSR count). The molecular formula is C23H20F2N2O3. The summed E-state index contributed by atoms with van der Waals surface area (Å²) < 4.78 is 39.1. The molecule has 154 valence electrons. The molecule has 1 aliphatic rings. The molecule has 5 nitrogen and oxygen atoms in total. The molecule has 2 aromatic carbocycles. The minimum absolute atomic E-state index is 0.173. The summed E-state index contributed by atoms with van der Waals surface area (Å²) in [5, 5.41) is 0. The maximum Gasteiger partial charge on any atom is 0.256 e. The number of hydrogen-bond acceptors (Lipinski definition) is 4. The second-order valence-electron chi connectivity index (χ2n) is 7.08. The van der Waals surface area contributed by atoms with Gasteiger partial charge in [0, 0.05) is 11.6 Å². The number of aromatic nitrogens is 1. The molecule has 1 aliphatic heterocycles. The van der Waals surface area contributed by atoms with Gasteiger partial charge in [-0.15, -0.1) is 0 Å². The fourth-order valence-electron chi connectivity index (χ4n) is 3.74. The van der Waals surface area contributed by atoms with Crippen molar-refractivity contribution in [2.24, 2.45) is 0 Å². The minimum Gasteiger partial charge on any atom is -0.497 e. The highest BCUT2D eigenvalue weighted by atomic mass is 19.1. The normalized spacial score (nSPS) is 12.8. The number of carbonyl (C=O) groups is 1. The number of pyridine rings is 1. The summed E-state index contributed by atoms with van der Waals surface area (Å²) in [6, 6.07) is 10.6. The molecule has 0 fully saturated rings. The Morgan fingerprint density at radius 3 is 2.43 bits per heavy atom. The summed E-state index contributed by atoms with van der Waals surface area (Å²) in [5.41, 5.74) is 2.42. The molecule has 3 aromatic rings. The van der Waals surface area contributed by atoms with Gasteiger partial charge in [-0.05, 0) is 42.8 Å². The molecule has 0 bridgehead atoms. The number of amides is 1. The first kappa shape index (κ1) is 19.8. The number of benzene rings is 2. The number of aryl methyl sites for hydroxylation is 1. The molecule has 0 N–H and O–H groups in total. The van der Waals surface area contributed by atoms with E-state index < -0.39 is 11.6 Å². The zero-order valence-corrected chi connectivity index (χ0v) is 16.8. The van der Waals surface area contributed by atoms with Crippen molar-refractivity contribution in [3.63, 3.8) is 0 Å². The van der Waals surface area contributed by atoms with Crippen LogP contribution in [0.5, 0.6) is 11.5 Å². The topological polar surface area (TPSA) is 51.7 Å². The number of halogens is 2. The van der Waals surface area contributed by atoms with Gasteiger partial charge in [0.05, 0.1) is 49.8 Å². The first-order valence-electron chi connectivity index (χ1n) is 9.38. The van der Waals surface area contributed by atoms with Crippen LogP contribution in [-0.2, 0) is 13.1 Å². The zero-order chi connectivity index (χ0) is 21.4. The first-order chi connectivity index (χ1) is 14.4. The van der Waals surface area contributed by atoms with Crippen molar-refractivity contribution in [3.8, 4) is 22.8 Å². The lowest BCUT2D eigenvalue weighted by atomic mass is 10.0. The van der Waals surface area contributed by atoms with E-state index in [2.05, 4.69) is 4.98 Å². The molecule has 0 saturated heterocycles. The van der Waals surface area contributed by atoms with Crippen molar-refractivity contribution in [2.45, 2.75) is 20.0 Å². The number of rotatable bonds is 5. The van der Waals surface area contributed by atoms with E-state index in [1.54, 1.807) is 44.2 Å². The smallest absolute Gasteiger partial charge is 0.256 e. The van der Waals surface area contributed by atoms with Crippen molar-refractivity contribution in [1.82, 2.24) is 9.88 Å². The lowest BCUT2D eigenvalue weighted by Crippen LogP contribution is -2.23. The van der Waals surface area contributed by atoms with E-state index in [0.29, 0.717) is 34.9 Å². The summed E-state index contributed by atoms with van der Waals surface area (Å²) in [4.78, 5) is 19.1. The number of ether oxygens (including phenoxy) is 2. The molecular weight excluding hydrogens is 390 g/mol. The summed E-state index contributed by atoms with van der Waals surface area (Å²) in [6.45, 7) is 2.30. The Labute approximate surface area is 172 Å². The fourth-order valence-corrected chi connectivity index (χ4v) is 3.74. The van der Waals surface area contributed by atoms with Crippen LogP contribution >= 0.6 is 0 Å². The van der Waals surface area contributed by atoms with E-state index in [4.69, 9.17) is 9.47 Å². The number of carbonyl (C=O) groups excluding carboxylic acids is 1. The average molecular weight is 410 g/mol. The predicted octanol–water partition coefficient (Wildman–Crippen LogP) is 4.51. The van der Waals surface area contributed by atoms with Crippen LogP contribution in [0.15, 0.2) is 42.5 Å². The Kier molecular flexibility index (Phi) is 5.11. The third-order valence-corrected chi connectivity index (χ3v) is 5.21. The monoisotopic (exact) mass is 410 g/mol. The van der Waals surface area contributed by atoms with Crippen molar-refractivity contribution in [2.75, 3.05) is 14.2 Å². The largest absolute Gasteiger partial charge is 0.497 e. The van der Waals surface area contributed by atoms with Crippen LogP contribution in [-0.4, -0.2) is 30.0 Å². The zero-order valence-electron chi connectivity index (χ0n) is 16.8. The quantitative estimate of drug-likeness (QED) is 0.621. The Morgan fingerprint density at radius 2 is 1.77 bits per heavy atom. The third kappa shape index (κ3) is 3.36. The van der Waals surface area contributed by atoms with Crippen molar-refractivity contribution < 1.29 is 23.0 Å². The van der Waals surface area contributed by atoms with E-state index in [-0.39, 0.29) is 23.7 Å². The number of fused-ring (bicyclic) bond motifs is 1. The van der Waals surface area contributed by atoms with Gasteiger partial charge < -0.3 is 14.4 Å². The van der Waals surface area contributed by atoms with Crippen molar-refractivity contribution in [1.29, 1.82) is 0 Å². The first-order valence-corrected chi connectivity index (χ1v) is 9.38. The van der Waals surface area contributed by atoms with Gasteiger partial charge in [0.2, 0.25) is 0 Å². The predicted molar refractivity (Wildman–Crippen MR) is 107 cm³/mol. The van der Waals surface area contributed by atoms with Crippen LogP contribution < -0.4 is 9.47 Å². The number of methoxy groups -OCH3 is 2. The van der Waals surface area contributed by atoms with E-state index in [1.165, 1.54) is 18.2 Å². The van der Waals surface area contributed by atoms with E-state index in [1.807, 2.05) is 6.07 Å². The molecule has 1 amide bonds. The van der Waals surface area contributed by atoms with Crippen LogP contribution in [0.3, 0.4) is 0 Å². The number of nitrogens with zero attached hydrogens (tertiary/aromatic N) is 2. The highest BCUT2D eigenvalue weighted by Gasteiger charge is 2.32. The maximum absolute atomic E-state index is 14.2. The van der Waals surface area contributed by atoms with Gasteiger partial charge >= 0.3 is 0 Å². The van der Waals surface area contributed by atoms with E-state index in [0.717, 1.165) is 5.56 Å². The molecule has 0 saturated carbocycles. The third-order valence-electron chi connectivity index (χ3n) is 5.21. The van der Waals surface area contributed by atoms with Gasteiger partial charge in [0.15, 0.2) is 0 Å². The fraction of sp³-hybridized carbons (Fsp3) is 0.217. The molecule has 7 heteroatoms. The summed E-state index contributed by atoms with van der Waals surface area (Å²) in [7, 11) is 3.12.